The Morgan fingerprint density at radius 2 is 0.835 bits per heavy atom. The smallest absolute Gasteiger partial charge is 0.276 e. The van der Waals surface area contributed by atoms with Crippen molar-refractivity contribution in [2.75, 3.05) is 72.0 Å². The van der Waals surface area contributed by atoms with E-state index in [9.17, 15) is 24.0 Å². The average molecular weight is 1200 g/mol. The normalized spacial score (nSPS) is 18.4. The molecule has 6 aliphatic rings. The number of aromatic nitrogens is 4. The minimum atomic E-state index is 0. The lowest BCUT2D eigenvalue weighted by atomic mass is 9.86. The van der Waals surface area contributed by atoms with Crippen LogP contribution < -0.4 is 0 Å². The number of piperidine rings is 5. The van der Waals surface area contributed by atoms with Crippen LogP contribution in [0.1, 0.15) is 201 Å². The third-order valence-electron chi connectivity index (χ3n) is 18.7. The van der Waals surface area contributed by atoms with Crippen molar-refractivity contribution in [2.24, 2.45) is 71.2 Å². The van der Waals surface area contributed by atoms with Crippen molar-refractivity contribution in [3.63, 3.8) is 0 Å². The van der Waals surface area contributed by atoms with Gasteiger partial charge in [-0.2, -0.15) is 16.4 Å². The predicted octanol–water partition coefficient (Wildman–Crippen LogP) is 13.1. The van der Waals surface area contributed by atoms with Crippen LogP contribution in [0.2, 0.25) is 0 Å². The minimum Gasteiger partial charge on any atom is -0.448 e. The van der Waals surface area contributed by atoms with Gasteiger partial charge in [0.2, 0.25) is 0 Å². The lowest BCUT2D eigenvalue weighted by Gasteiger charge is -2.33. The fourth-order valence-corrected chi connectivity index (χ4v) is 12.9. The zero-order valence-corrected chi connectivity index (χ0v) is 54.3. The molecule has 17 nitrogen and oxygen atoms in total. The summed E-state index contributed by atoms with van der Waals surface area (Å²) in [6.45, 7) is 37.7. The average Bonchev–Trinajstić information content (AvgIpc) is 4.59. The Balaban J connectivity index is 0.000000194. The van der Waals surface area contributed by atoms with E-state index >= 15 is 0 Å². The standard InChI is InChI=1S/C14H22N2O.C13H21N3O.2C13H20N2O2.C13H19NOS.CH4/c1-10(2)12-4-6-16(7-5-12)14(17)13-8-11(3)9-15-13;1-10(2)11-5-8-16(9-6-11)13(17)12-4-7-14-15(12)3;2*1-9(2)11-4-6-15(7-5-11)13(16)12-10(3)17-8-14-12;1-10(2)11-3-6-14(7-4-11)13(15)12-5-8-16-9-12;/h8,10,12H,4-7,9H2,1-3H3;4,7,10-11H,5-6,8-9H2,1-3H3;2*8-9,11H,4-7H2,1-3H3;5,8-11H,3-4,6-7H2,1-2H3;1H4. The molecule has 10 rings (SSSR count). The van der Waals surface area contributed by atoms with Crippen molar-refractivity contribution in [1.82, 2.24) is 44.2 Å². The predicted molar refractivity (Wildman–Crippen MR) is 341 cm³/mol. The van der Waals surface area contributed by atoms with Crippen LogP contribution in [0.25, 0.3) is 0 Å². The van der Waals surface area contributed by atoms with Gasteiger partial charge in [-0.15, -0.1) is 0 Å². The largest absolute Gasteiger partial charge is 0.448 e. The van der Waals surface area contributed by atoms with Crippen LogP contribution >= 0.6 is 11.3 Å². The minimum absolute atomic E-state index is 0. The number of oxazole rings is 2. The highest BCUT2D eigenvalue weighted by Crippen LogP contribution is 2.30. The van der Waals surface area contributed by atoms with Crippen LogP contribution in [0, 0.1) is 73.0 Å². The molecule has 18 heteroatoms. The van der Waals surface area contributed by atoms with Gasteiger partial charge in [0.25, 0.3) is 29.5 Å². The number of likely N-dealkylation sites (tertiary alicyclic amines) is 5. The highest BCUT2D eigenvalue weighted by atomic mass is 32.1. The Bertz CT molecular complexity index is 2550. The first kappa shape index (κ1) is 69.9. The van der Waals surface area contributed by atoms with Crippen molar-refractivity contribution < 1.29 is 32.8 Å². The van der Waals surface area contributed by atoms with Crippen LogP contribution in [-0.4, -0.2) is 151 Å². The second kappa shape index (κ2) is 33.8. The van der Waals surface area contributed by atoms with Crippen LogP contribution in [-0.2, 0) is 11.8 Å². The number of carbonyl (C=O) groups excluding carboxylic acids is 5. The van der Waals surface area contributed by atoms with E-state index in [4.69, 9.17) is 8.83 Å². The third-order valence-corrected chi connectivity index (χ3v) is 19.3. The zero-order chi connectivity index (χ0) is 61.2. The van der Waals surface area contributed by atoms with Crippen molar-refractivity contribution >= 4 is 46.6 Å². The van der Waals surface area contributed by atoms with Crippen molar-refractivity contribution in [3.05, 3.63) is 87.7 Å². The molecule has 0 N–H and O–H groups in total. The molecule has 5 saturated heterocycles. The van der Waals surface area contributed by atoms with Crippen LogP contribution in [0.15, 0.2) is 67.4 Å². The Morgan fingerprint density at radius 1 is 0.494 bits per heavy atom. The monoisotopic (exact) mass is 1190 g/mol. The quantitative estimate of drug-likeness (QED) is 0.148. The number of aliphatic imine (C=N–C) groups is 1. The maximum absolute atomic E-state index is 12.2. The highest BCUT2D eigenvalue weighted by molar-refractivity contribution is 7.08. The number of nitrogens with zero attached hydrogens (tertiary/aromatic N) is 10. The first-order valence-electron chi connectivity index (χ1n) is 31.5. The molecule has 0 unspecified atom stereocenters. The summed E-state index contributed by atoms with van der Waals surface area (Å²) >= 11 is 1.59. The van der Waals surface area contributed by atoms with Crippen LogP contribution in [0.5, 0.6) is 0 Å². The SMILES string of the molecule is C.CC(C)C1CCN(C(=O)c2ccnn2C)CC1.CC(C)C1CCN(C(=O)c2ccsc2)CC1.CC1=CC(C(=O)N2CCC(C(C)C)CC2)=NC1.Cc1ocnc1C(=O)N1CCC(C(C)C)CC1.Cc1ocnc1C(=O)N1CCC(C(C)C)CC1. The molecule has 0 atom stereocenters. The summed E-state index contributed by atoms with van der Waals surface area (Å²) in [4.78, 5) is 82.7. The topological polar surface area (TPSA) is 184 Å². The van der Waals surface area contributed by atoms with Crippen molar-refractivity contribution in [3.8, 4) is 0 Å². The molecule has 0 aliphatic carbocycles. The number of carbonyl (C=O) groups is 5. The number of thiophene rings is 1. The fourth-order valence-electron chi connectivity index (χ4n) is 12.3. The second-order valence-electron chi connectivity index (χ2n) is 25.9. The number of aryl methyl sites for hydroxylation is 3. The van der Waals surface area contributed by atoms with Crippen LogP contribution in [0.4, 0.5) is 0 Å². The Kier molecular flexibility index (Phi) is 27.8. The molecule has 0 bridgehead atoms. The summed E-state index contributed by atoms with van der Waals surface area (Å²) in [6, 6.07) is 3.71. The highest BCUT2D eigenvalue weighted by Gasteiger charge is 2.32. The molecule has 10 heterocycles. The number of hydrogen-bond donors (Lipinski definition) is 0. The van der Waals surface area contributed by atoms with Crippen molar-refractivity contribution in [1.29, 1.82) is 0 Å². The van der Waals surface area contributed by atoms with E-state index in [2.05, 4.69) is 89.3 Å². The van der Waals surface area contributed by atoms with Gasteiger partial charge in [-0.3, -0.25) is 33.6 Å². The van der Waals surface area contributed by atoms with Gasteiger partial charge < -0.3 is 33.3 Å². The van der Waals surface area contributed by atoms with Gasteiger partial charge in [0, 0.05) is 84.1 Å². The first-order chi connectivity index (χ1) is 40.0. The van der Waals surface area contributed by atoms with E-state index in [1.54, 1.807) is 42.1 Å². The van der Waals surface area contributed by atoms with E-state index in [0.29, 0.717) is 52.7 Å². The van der Waals surface area contributed by atoms with E-state index < -0.39 is 0 Å². The fraction of sp³-hybridized carbons (Fsp3) is 0.687. The molecule has 0 aromatic carbocycles. The second-order valence-corrected chi connectivity index (χ2v) is 26.7. The van der Waals surface area contributed by atoms with Crippen molar-refractivity contribution in [2.45, 2.75) is 162 Å². The maximum atomic E-state index is 12.2. The van der Waals surface area contributed by atoms with E-state index in [0.717, 1.165) is 183 Å². The summed E-state index contributed by atoms with van der Waals surface area (Å²) in [5.74, 6) is 9.18. The Hall–Kier alpha value is -5.91. The van der Waals surface area contributed by atoms with Gasteiger partial charge in [-0.1, -0.05) is 76.7 Å². The van der Waals surface area contributed by atoms with Gasteiger partial charge in [0.1, 0.15) is 22.9 Å². The third kappa shape index (κ3) is 20.1. The molecule has 472 valence electrons. The molecule has 0 radical (unpaired) electrons. The molecule has 0 saturated carbocycles. The van der Waals surface area contributed by atoms with Crippen LogP contribution in [0.3, 0.4) is 0 Å². The molecule has 85 heavy (non-hydrogen) atoms. The summed E-state index contributed by atoms with van der Waals surface area (Å²) in [5.41, 5.74) is 4.32. The number of amides is 5. The molecular weight excluding hydrogens is 1090 g/mol. The number of rotatable bonds is 10. The van der Waals surface area contributed by atoms with Gasteiger partial charge in [0.05, 0.1) is 12.1 Å². The Morgan fingerprint density at radius 3 is 1.11 bits per heavy atom. The molecule has 5 fully saturated rings. The summed E-state index contributed by atoms with van der Waals surface area (Å²) in [6.07, 6.45) is 17.5. The van der Waals surface area contributed by atoms with Gasteiger partial charge >= 0.3 is 0 Å². The molecule has 6 aliphatic heterocycles. The zero-order valence-electron chi connectivity index (χ0n) is 53.5. The maximum Gasteiger partial charge on any atom is 0.276 e. The summed E-state index contributed by atoms with van der Waals surface area (Å²) in [5, 5.41) is 7.95. The van der Waals surface area contributed by atoms with Gasteiger partial charge in [-0.05, 0) is 173 Å². The first-order valence-corrected chi connectivity index (χ1v) is 32.5. The van der Waals surface area contributed by atoms with E-state index in [1.165, 1.54) is 18.4 Å². The molecule has 4 aromatic rings. The molecule has 0 spiro atoms. The molecule has 4 aromatic heterocycles. The lowest BCUT2D eigenvalue weighted by molar-refractivity contribution is -0.125. The molecular formula is C67H106N10O7S. The van der Waals surface area contributed by atoms with Gasteiger partial charge in [0.15, 0.2) is 24.2 Å². The number of hydrogen-bond acceptors (Lipinski definition) is 12. The van der Waals surface area contributed by atoms with E-state index in [1.807, 2.05) is 61.4 Å². The Labute approximate surface area is 513 Å². The molecule has 5 amide bonds. The van der Waals surface area contributed by atoms with Gasteiger partial charge in [-0.25, -0.2) is 9.97 Å². The summed E-state index contributed by atoms with van der Waals surface area (Å²) < 4.78 is 11.8. The summed E-state index contributed by atoms with van der Waals surface area (Å²) in [7, 11) is 1.81. The van der Waals surface area contributed by atoms with E-state index in [-0.39, 0.29) is 37.0 Å². The lowest BCUT2D eigenvalue weighted by Crippen LogP contribution is -2.42.